The summed E-state index contributed by atoms with van der Waals surface area (Å²) < 4.78 is 18.6. The van der Waals surface area contributed by atoms with Gasteiger partial charge in [-0.3, -0.25) is 0 Å². The number of hydrogen-bond acceptors (Lipinski definition) is 2. The van der Waals surface area contributed by atoms with Crippen molar-refractivity contribution in [3.8, 4) is 5.75 Å². The Bertz CT molecular complexity index is 294. The maximum Gasteiger partial charge on any atom is 0.127 e. The molecule has 1 aromatic rings. The van der Waals surface area contributed by atoms with Crippen LogP contribution in [0.1, 0.15) is 19.4 Å². The Kier molecular flexibility index (Phi) is 4.56. The topological polar surface area (TPSA) is 21.3 Å². The van der Waals surface area contributed by atoms with E-state index in [1.165, 1.54) is 12.1 Å². The first-order chi connectivity index (χ1) is 7.11. The molecule has 0 aliphatic rings. The van der Waals surface area contributed by atoms with E-state index >= 15 is 0 Å². The molecular weight excluding hydrogens is 193 g/mol. The number of halogens is 1. The van der Waals surface area contributed by atoms with Gasteiger partial charge in [-0.25, -0.2) is 4.39 Å². The Balaban J connectivity index is 2.56. The molecule has 1 atom stereocenters. The largest absolute Gasteiger partial charge is 0.489 e. The maximum absolute atomic E-state index is 13.0. The summed E-state index contributed by atoms with van der Waals surface area (Å²) in [4.78, 5) is 0. The van der Waals surface area contributed by atoms with Crippen LogP contribution < -0.4 is 10.1 Å². The van der Waals surface area contributed by atoms with Crippen LogP contribution in [0.2, 0.25) is 0 Å². The molecule has 0 bridgehead atoms. The van der Waals surface area contributed by atoms with Gasteiger partial charge < -0.3 is 10.1 Å². The van der Waals surface area contributed by atoms with E-state index in [1.807, 2.05) is 26.8 Å². The third-order valence-electron chi connectivity index (χ3n) is 2.03. The van der Waals surface area contributed by atoms with Crippen LogP contribution in [0.25, 0.3) is 0 Å². The molecular formula is C12H18FNO. The monoisotopic (exact) mass is 211 g/mol. The summed E-state index contributed by atoms with van der Waals surface area (Å²) in [5.74, 6) is 0.346. The number of likely N-dealkylation sites (N-methyl/N-ethyl adjacent to an activating group) is 1. The molecule has 0 unspecified atom stereocenters. The van der Waals surface area contributed by atoms with Crippen LogP contribution in [0.3, 0.4) is 0 Å². The fourth-order valence-electron chi connectivity index (χ4n) is 1.39. The van der Waals surface area contributed by atoms with E-state index in [9.17, 15) is 4.39 Å². The molecule has 15 heavy (non-hydrogen) atoms. The second-order valence-corrected chi connectivity index (χ2v) is 3.70. The van der Waals surface area contributed by atoms with Gasteiger partial charge in [0.2, 0.25) is 0 Å². The zero-order valence-electron chi connectivity index (χ0n) is 9.51. The number of nitrogens with one attached hydrogen (secondary N) is 1. The van der Waals surface area contributed by atoms with Crippen molar-refractivity contribution in [2.24, 2.45) is 0 Å². The molecule has 3 heteroatoms. The summed E-state index contributed by atoms with van der Waals surface area (Å²) in [5, 5.41) is 3.18. The Hall–Kier alpha value is -1.09. The predicted molar refractivity (Wildman–Crippen MR) is 59.8 cm³/mol. The third-order valence-corrected chi connectivity index (χ3v) is 2.03. The van der Waals surface area contributed by atoms with Gasteiger partial charge in [-0.15, -0.1) is 0 Å². The van der Waals surface area contributed by atoms with E-state index in [4.69, 9.17) is 4.74 Å². The highest BCUT2D eigenvalue weighted by Gasteiger charge is 2.04. The van der Waals surface area contributed by atoms with Gasteiger partial charge >= 0.3 is 0 Å². The summed E-state index contributed by atoms with van der Waals surface area (Å²) >= 11 is 0. The van der Waals surface area contributed by atoms with Crippen LogP contribution in [0.4, 0.5) is 4.39 Å². The lowest BCUT2D eigenvalue weighted by Gasteiger charge is -2.15. The second kappa shape index (κ2) is 5.71. The molecule has 2 nitrogen and oxygen atoms in total. The van der Waals surface area contributed by atoms with Crippen LogP contribution in [0, 0.1) is 12.7 Å². The Labute approximate surface area is 90.4 Å². The van der Waals surface area contributed by atoms with E-state index in [2.05, 4.69) is 5.32 Å². The van der Waals surface area contributed by atoms with Gasteiger partial charge in [-0.2, -0.15) is 0 Å². The van der Waals surface area contributed by atoms with Crippen molar-refractivity contribution in [1.82, 2.24) is 5.32 Å². The van der Waals surface area contributed by atoms with Crippen LogP contribution in [0.15, 0.2) is 18.2 Å². The lowest BCUT2D eigenvalue weighted by molar-refractivity contribution is 0.217. The van der Waals surface area contributed by atoms with E-state index in [-0.39, 0.29) is 11.9 Å². The Morgan fingerprint density at radius 2 is 2.13 bits per heavy atom. The molecule has 84 valence electrons. The fourth-order valence-corrected chi connectivity index (χ4v) is 1.39. The SMILES string of the molecule is CCNC[C@@H](C)Oc1cc(C)cc(F)c1. The standard InChI is InChI=1S/C12H18FNO/c1-4-14-8-10(3)15-12-6-9(2)5-11(13)7-12/h5-7,10,14H,4,8H2,1-3H3/t10-/m1/s1. The zero-order chi connectivity index (χ0) is 11.3. The zero-order valence-corrected chi connectivity index (χ0v) is 9.51. The van der Waals surface area contributed by atoms with Gasteiger partial charge in [0.1, 0.15) is 17.7 Å². The molecule has 0 saturated carbocycles. The lowest BCUT2D eigenvalue weighted by atomic mass is 10.2. The van der Waals surface area contributed by atoms with Crippen molar-refractivity contribution >= 4 is 0 Å². The summed E-state index contributed by atoms with van der Waals surface area (Å²) in [6.07, 6.45) is 0.0474. The molecule has 0 saturated heterocycles. The van der Waals surface area contributed by atoms with E-state index in [1.54, 1.807) is 0 Å². The minimum Gasteiger partial charge on any atom is -0.489 e. The smallest absolute Gasteiger partial charge is 0.127 e. The first-order valence-electron chi connectivity index (χ1n) is 5.26. The van der Waals surface area contributed by atoms with Crippen molar-refractivity contribution in [3.63, 3.8) is 0 Å². The highest BCUT2D eigenvalue weighted by atomic mass is 19.1. The van der Waals surface area contributed by atoms with Crippen LogP contribution in [-0.2, 0) is 0 Å². The fraction of sp³-hybridized carbons (Fsp3) is 0.500. The molecule has 0 spiro atoms. The molecule has 0 radical (unpaired) electrons. The Morgan fingerprint density at radius 1 is 1.40 bits per heavy atom. The number of hydrogen-bond donors (Lipinski definition) is 1. The number of benzene rings is 1. The second-order valence-electron chi connectivity index (χ2n) is 3.70. The molecule has 0 heterocycles. The predicted octanol–water partition coefficient (Wildman–Crippen LogP) is 2.51. The summed E-state index contributed by atoms with van der Waals surface area (Å²) in [6, 6.07) is 4.74. The van der Waals surface area contributed by atoms with Crippen LogP contribution in [-0.4, -0.2) is 19.2 Å². The third kappa shape index (κ3) is 4.30. The van der Waals surface area contributed by atoms with Gasteiger partial charge in [0.25, 0.3) is 0 Å². The minimum atomic E-state index is -0.249. The van der Waals surface area contributed by atoms with E-state index in [0.717, 1.165) is 18.7 Å². The van der Waals surface area contributed by atoms with Gasteiger partial charge in [0.15, 0.2) is 0 Å². The average molecular weight is 211 g/mol. The van der Waals surface area contributed by atoms with E-state index in [0.29, 0.717) is 5.75 Å². The molecule has 1 N–H and O–H groups in total. The first-order valence-corrected chi connectivity index (χ1v) is 5.26. The quantitative estimate of drug-likeness (QED) is 0.808. The number of rotatable bonds is 5. The maximum atomic E-state index is 13.0. The highest BCUT2D eigenvalue weighted by molar-refractivity contribution is 5.28. The molecule has 0 aliphatic heterocycles. The summed E-state index contributed by atoms with van der Waals surface area (Å²) in [5.41, 5.74) is 0.876. The average Bonchev–Trinajstić information content (AvgIpc) is 2.13. The van der Waals surface area contributed by atoms with Crippen molar-refractivity contribution in [2.75, 3.05) is 13.1 Å². The van der Waals surface area contributed by atoms with Gasteiger partial charge in [-0.1, -0.05) is 6.92 Å². The van der Waals surface area contributed by atoms with Crippen LogP contribution in [0.5, 0.6) is 5.75 Å². The minimum absolute atomic E-state index is 0.0474. The van der Waals surface area contributed by atoms with Gasteiger partial charge in [-0.05, 0) is 38.1 Å². The van der Waals surface area contributed by atoms with Crippen molar-refractivity contribution in [1.29, 1.82) is 0 Å². The summed E-state index contributed by atoms with van der Waals surface area (Å²) in [6.45, 7) is 7.54. The molecule has 0 amide bonds. The van der Waals surface area contributed by atoms with Crippen molar-refractivity contribution < 1.29 is 9.13 Å². The number of ether oxygens (including phenoxy) is 1. The van der Waals surface area contributed by atoms with Gasteiger partial charge in [0, 0.05) is 12.6 Å². The first kappa shape index (κ1) is 12.0. The molecule has 0 aliphatic carbocycles. The molecule has 0 aromatic heterocycles. The van der Waals surface area contributed by atoms with Crippen molar-refractivity contribution in [3.05, 3.63) is 29.6 Å². The molecule has 0 fully saturated rings. The molecule has 1 aromatic carbocycles. The van der Waals surface area contributed by atoms with Crippen molar-refractivity contribution in [2.45, 2.75) is 26.9 Å². The van der Waals surface area contributed by atoms with Gasteiger partial charge in [0.05, 0.1) is 0 Å². The Morgan fingerprint density at radius 3 is 2.73 bits per heavy atom. The van der Waals surface area contributed by atoms with Crippen LogP contribution >= 0.6 is 0 Å². The summed E-state index contributed by atoms with van der Waals surface area (Å²) in [7, 11) is 0. The van der Waals surface area contributed by atoms with E-state index < -0.39 is 0 Å². The normalized spacial score (nSPS) is 12.5. The highest BCUT2D eigenvalue weighted by Crippen LogP contribution is 2.16. The molecule has 1 rings (SSSR count). The number of aryl methyl sites for hydroxylation is 1. The lowest BCUT2D eigenvalue weighted by Crippen LogP contribution is -2.28.